The smallest absolute Gasteiger partial charge is 0.236 e. The molecule has 4 nitrogen and oxygen atoms in total. The van der Waals surface area contributed by atoms with Crippen LogP contribution < -0.4 is 0 Å². The van der Waals surface area contributed by atoms with Crippen molar-refractivity contribution in [2.24, 2.45) is 0 Å². The minimum absolute atomic E-state index is 0.0636. The standard InChI is InChI=1S/C11H13NO3S/c1-16(14,15)12-10(6-7-13)8-9-4-2-3-5-11(9)12/h2-5,8,13H,6-7H2,1H3. The van der Waals surface area contributed by atoms with Crippen LogP contribution in [0.4, 0.5) is 0 Å². The van der Waals surface area contributed by atoms with Crippen LogP contribution in [0, 0.1) is 0 Å². The molecule has 0 spiro atoms. The van der Waals surface area contributed by atoms with Gasteiger partial charge in [0.15, 0.2) is 0 Å². The number of fused-ring (bicyclic) bond motifs is 1. The van der Waals surface area contributed by atoms with E-state index in [0.29, 0.717) is 17.6 Å². The summed E-state index contributed by atoms with van der Waals surface area (Å²) in [5.41, 5.74) is 1.28. The van der Waals surface area contributed by atoms with E-state index in [1.54, 1.807) is 18.2 Å². The van der Waals surface area contributed by atoms with Gasteiger partial charge in [0.2, 0.25) is 10.0 Å². The molecule has 1 aromatic heterocycles. The Morgan fingerprint density at radius 2 is 2.00 bits per heavy atom. The Bertz CT molecular complexity index is 613. The fourth-order valence-electron chi connectivity index (χ4n) is 1.87. The zero-order chi connectivity index (χ0) is 11.8. The zero-order valence-corrected chi connectivity index (χ0v) is 9.74. The number of hydrogen-bond donors (Lipinski definition) is 1. The largest absolute Gasteiger partial charge is 0.396 e. The van der Waals surface area contributed by atoms with E-state index >= 15 is 0 Å². The molecule has 0 unspecified atom stereocenters. The van der Waals surface area contributed by atoms with E-state index in [9.17, 15) is 8.42 Å². The number of hydrogen-bond acceptors (Lipinski definition) is 3. The van der Waals surface area contributed by atoms with Gasteiger partial charge in [0, 0.05) is 24.1 Å². The number of aliphatic hydroxyl groups excluding tert-OH is 1. The molecule has 0 saturated heterocycles. The molecule has 1 heterocycles. The predicted molar refractivity (Wildman–Crippen MR) is 63.0 cm³/mol. The van der Waals surface area contributed by atoms with Gasteiger partial charge >= 0.3 is 0 Å². The van der Waals surface area contributed by atoms with Gasteiger partial charge in [-0.3, -0.25) is 0 Å². The van der Waals surface area contributed by atoms with Gasteiger partial charge in [-0.2, -0.15) is 0 Å². The highest BCUT2D eigenvalue weighted by atomic mass is 32.2. The molecule has 0 amide bonds. The van der Waals surface area contributed by atoms with Crippen LogP contribution in [0.2, 0.25) is 0 Å². The van der Waals surface area contributed by atoms with Gasteiger partial charge in [0.05, 0.1) is 11.8 Å². The monoisotopic (exact) mass is 239 g/mol. The lowest BCUT2D eigenvalue weighted by Gasteiger charge is -2.06. The summed E-state index contributed by atoms with van der Waals surface area (Å²) >= 11 is 0. The average molecular weight is 239 g/mol. The van der Waals surface area contributed by atoms with Crippen molar-refractivity contribution in [1.82, 2.24) is 3.97 Å². The average Bonchev–Trinajstić information content (AvgIpc) is 2.55. The van der Waals surface area contributed by atoms with E-state index in [1.165, 1.54) is 10.2 Å². The summed E-state index contributed by atoms with van der Waals surface area (Å²) in [6.45, 7) is -0.0636. The first-order valence-corrected chi connectivity index (χ1v) is 6.79. The van der Waals surface area contributed by atoms with E-state index in [-0.39, 0.29) is 6.61 Å². The second kappa shape index (κ2) is 3.92. The van der Waals surface area contributed by atoms with Crippen molar-refractivity contribution in [1.29, 1.82) is 0 Å². The van der Waals surface area contributed by atoms with Crippen molar-refractivity contribution in [2.45, 2.75) is 6.42 Å². The number of para-hydroxylation sites is 1. The third-order valence-corrected chi connectivity index (χ3v) is 3.53. The maximum Gasteiger partial charge on any atom is 0.236 e. The molecular weight excluding hydrogens is 226 g/mol. The minimum atomic E-state index is -3.33. The molecule has 1 aromatic carbocycles. The number of nitrogens with zero attached hydrogens (tertiary/aromatic N) is 1. The van der Waals surface area contributed by atoms with Crippen LogP contribution in [-0.4, -0.2) is 30.4 Å². The first kappa shape index (κ1) is 11.2. The van der Waals surface area contributed by atoms with Crippen LogP contribution in [0.5, 0.6) is 0 Å². The molecule has 2 aromatic rings. The fraction of sp³-hybridized carbons (Fsp3) is 0.273. The number of rotatable bonds is 3. The van der Waals surface area contributed by atoms with Crippen molar-refractivity contribution in [2.75, 3.05) is 12.9 Å². The molecule has 0 fully saturated rings. The van der Waals surface area contributed by atoms with Gasteiger partial charge in [0.25, 0.3) is 0 Å². The molecule has 1 N–H and O–H groups in total. The second-order valence-electron chi connectivity index (χ2n) is 3.70. The molecule has 86 valence electrons. The van der Waals surface area contributed by atoms with Crippen LogP contribution >= 0.6 is 0 Å². The van der Waals surface area contributed by atoms with Crippen LogP contribution in [0.25, 0.3) is 10.9 Å². The van der Waals surface area contributed by atoms with Crippen LogP contribution in [-0.2, 0) is 16.4 Å². The van der Waals surface area contributed by atoms with Gasteiger partial charge in [-0.15, -0.1) is 0 Å². The lowest BCUT2D eigenvalue weighted by molar-refractivity contribution is 0.298. The Morgan fingerprint density at radius 1 is 1.31 bits per heavy atom. The van der Waals surface area contributed by atoms with Crippen LogP contribution in [0.15, 0.2) is 30.3 Å². The summed E-state index contributed by atoms with van der Waals surface area (Å²) in [5, 5.41) is 9.80. The van der Waals surface area contributed by atoms with E-state index in [0.717, 1.165) is 5.39 Å². The number of benzene rings is 1. The molecule has 0 atom stereocenters. The Balaban J connectivity index is 2.80. The predicted octanol–water partition coefficient (Wildman–Crippen LogP) is 0.984. The quantitative estimate of drug-likeness (QED) is 0.868. The molecule has 0 saturated carbocycles. The van der Waals surface area contributed by atoms with Crippen molar-refractivity contribution in [3.05, 3.63) is 36.0 Å². The summed E-state index contributed by atoms with van der Waals surface area (Å²) in [5.74, 6) is 0. The van der Waals surface area contributed by atoms with Crippen molar-refractivity contribution < 1.29 is 13.5 Å². The lowest BCUT2D eigenvalue weighted by Crippen LogP contribution is -2.13. The Morgan fingerprint density at radius 3 is 2.62 bits per heavy atom. The van der Waals surface area contributed by atoms with E-state index in [4.69, 9.17) is 5.11 Å². The molecule has 5 heteroatoms. The van der Waals surface area contributed by atoms with Gasteiger partial charge in [-0.05, 0) is 12.1 Å². The highest BCUT2D eigenvalue weighted by Gasteiger charge is 2.15. The number of aromatic nitrogens is 1. The summed E-state index contributed by atoms with van der Waals surface area (Å²) in [6.07, 6.45) is 1.50. The van der Waals surface area contributed by atoms with Crippen LogP contribution in [0.1, 0.15) is 5.69 Å². The Kier molecular flexibility index (Phi) is 2.73. The van der Waals surface area contributed by atoms with Gasteiger partial charge < -0.3 is 5.11 Å². The van der Waals surface area contributed by atoms with Gasteiger partial charge in [-0.25, -0.2) is 12.4 Å². The maximum atomic E-state index is 11.7. The third kappa shape index (κ3) is 1.83. The highest BCUT2D eigenvalue weighted by Crippen LogP contribution is 2.21. The molecular formula is C11H13NO3S. The lowest BCUT2D eigenvalue weighted by atomic mass is 10.2. The number of aliphatic hydroxyl groups is 1. The Hall–Kier alpha value is -1.33. The second-order valence-corrected chi connectivity index (χ2v) is 5.53. The van der Waals surface area contributed by atoms with Crippen molar-refractivity contribution in [3.8, 4) is 0 Å². The first-order chi connectivity index (χ1) is 7.54. The van der Waals surface area contributed by atoms with E-state index < -0.39 is 10.0 Å². The molecule has 0 aliphatic rings. The molecule has 0 aliphatic carbocycles. The summed E-state index contributed by atoms with van der Waals surface area (Å²) < 4.78 is 24.7. The topological polar surface area (TPSA) is 59.3 Å². The molecule has 16 heavy (non-hydrogen) atoms. The maximum absolute atomic E-state index is 11.7. The molecule has 2 rings (SSSR count). The zero-order valence-electron chi connectivity index (χ0n) is 8.92. The summed E-state index contributed by atoms with van der Waals surface area (Å²) in [6, 6.07) is 9.08. The van der Waals surface area contributed by atoms with E-state index in [1.807, 2.05) is 12.1 Å². The fourth-order valence-corrected chi connectivity index (χ4v) is 2.96. The van der Waals surface area contributed by atoms with Gasteiger partial charge in [0.1, 0.15) is 0 Å². The Labute approximate surface area is 94.2 Å². The summed E-state index contributed by atoms with van der Waals surface area (Å²) in [7, 11) is -3.33. The minimum Gasteiger partial charge on any atom is -0.396 e. The first-order valence-electron chi connectivity index (χ1n) is 4.95. The van der Waals surface area contributed by atoms with Gasteiger partial charge in [-0.1, -0.05) is 18.2 Å². The third-order valence-electron chi connectivity index (χ3n) is 2.44. The van der Waals surface area contributed by atoms with Crippen LogP contribution in [0.3, 0.4) is 0 Å². The van der Waals surface area contributed by atoms with Crippen molar-refractivity contribution in [3.63, 3.8) is 0 Å². The highest BCUT2D eigenvalue weighted by molar-refractivity contribution is 7.89. The molecule has 0 radical (unpaired) electrons. The summed E-state index contributed by atoms with van der Waals surface area (Å²) in [4.78, 5) is 0. The SMILES string of the molecule is CS(=O)(=O)n1c(CCO)cc2ccccc21. The van der Waals surface area contributed by atoms with E-state index in [2.05, 4.69) is 0 Å². The normalized spacial score (nSPS) is 12.1. The molecule has 0 bridgehead atoms. The molecule has 0 aliphatic heterocycles. The van der Waals surface area contributed by atoms with Crippen molar-refractivity contribution >= 4 is 20.9 Å².